The van der Waals surface area contributed by atoms with Crippen LogP contribution in [0.3, 0.4) is 0 Å². The van der Waals surface area contributed by atoms with Gasteiger partial charge in [-0.25, -0.2) is 14.4 Å². The molecule has 1 amide bonds. The van der Waals surface area contributed by atoms with Gasteiger partial charge < -0.3 is 20.3 Å². The van der Waals surface area contributed by atoms with E-state index in [4.69, 9.17) is 15.5 Å². The molecule has 0 unspecified atom stereocenters. The number of carbonyl (C=O) groups excluding carboxylic acids is 1. The van der Waals surface area contributed by atoms with E-state index < -0.39 is 11.4 Å². The Labute approximate surface area is 218 Å². The quantitative estimate of drug-likeness (QED) is 0.522. The highest BCUT2D eigenvalue weighted by Gasteiger charge is 2.49. The lowest BCUT2D eigenvalue weighted by atomic mass is 9.79. The fourth-order valence-electron chi connectivity index (χ4n) is 5.93. The summed E-state index contributed by atoms with van der Waals surface area (Å²) in [5.74, 6) is 0.179. The number of nitrogens with zero attached hydrogens (tertiary/aromatic N) is 5. The monoisotopic (exact) mass is 518 g/mol. The lowest BCUT2D eigenvalue weighted by molar-refractivity contribution is -0.136. The van der Waals surface area contributed by atoms with Gasteiger partial charge in [-0.1, -0.05) is 17.9 Å². The Morgan fingerprint density at radius 1 is 1.32 bits per heavy atom. The van der Waals surface area contributed by atoms with Gasteiger partial charge in [0.15, 0.2) is 5.13 Å². The van der Waals surface area contributed by atoms with Gasteiger partial charge in [0, 0.05) is 54.7 Å². The summed E-state index contributed by atoms with van der Waals surface area (Å²) in [6, 6.07) is 5.49. The second-order valence-electron chi connectivity index (χ2n) is 10.8. The first kappa shape index (κ1) is 23.8. The van der Waals surface area contributed by atoms with Crippen LogP contribution < -0.4 is 10.6 Å². The molecule has 3 aliphatic rings. The smallest absolute Gasteiger partial charge is 0.245 e. The maximum Gasteiger partial charge on any atom is 0.245 e. The van der Waals surface area contributed by atoms with Gasteiger partial charge in [0.2, 0.25) is 5.91 Å². The van der Waals surface area contributed by atoms with Crippen molar-refractivity contribution in [2.45, 2.75) is 38.9 Å². The number of thiazole rings is 1. The maximum absolute atomic E-state index is 14.7. The number of nitriles is 1. The fourth-order valence-corrected chi connectivity index (χ4v) is 6.69. The number of hydrogen-bond acceptors (Lipinski definition) is 8. The number of benzene rings is 1. The van der Waals surface area contributed by atoms with Crippen molar-refractivity contribution in [3.63, 3.8) is 0 Å². The highest BCUT2D eigenvalue weighted by atomic mass is 32.1. The summed E-state index contributed by atoms with van der Waals surface area (Å²) in [4.78, 5) is 25.5. The van der Waals surface area contributed by atoms with E-state index >= 15 is 0 Å². The lowest BCUT2D eigenvalue weighted by Crippen LogP contribution is -2.59. The van der Waals surface area contributed by atoms with Crippen molar-refractivity contribution in [2.24, 2.45) is 5.41 Å². The van der Waals surface area contributed by atoms with Crippen molar-refractivity contribution in [3.05, 3.63) is 47.4 Å². The first-order valence-electron chi connectivity index (χ1n) is 12.2. The molecular weight excluding hydrogens is 491 g/mol. The van der Waals surface area contributed by atoms with Gasteiger partial charge in [-0.3, -0.25) is 4.79 Å². The van der Waals surface area contributed by atoms with Crippen LogP contribution in [-0.4, -0.2) is 52.6 Å². The number of fused-ring (bicyclic) bond motifs is 2. The molecule has 10 heteroatoms. The molecule has 0 atom stereocenters. The second kappa shape index (κ2) is 8.23. The molecule has 1 aromatic carbocycles. The zero-order chi connectivity index (χ0) is 26.1. The van der Waals surface area contributed by atoms with E-state index in [-0.39, 0.29) is 16.5 Å². The number of nitrogen functional groups attached to an aromatic ring is 1. The topological polar surface area (TPSA) is 108 Å². The Kier molecular flexibility index (Phi) is 5.30. The minimum atomic E-state index is -0.405. The summed E-state index contributed by atoms with van der Waals surface area (Å²) >= 11 is 1.09. The van der Waals surface area contributed by atoms with Crippen LogP contribution in [0.15, 0.2) is 24.8 Å². The van der Waals surface area contributed by atoms with Crippen molar-refractivity contribution in [2.75, 3.05) is 36.8 Å². The number of ether oxygens (including phenoxy) is 1. The third kappa shape index (κ3) is 3.76. The molecule has 3 aliphatic heterocycles. The van der Waals surface area contributed by atoms with Gasteiger partial charge >= 0.3 is 0 Å². The summed E-state index contributed by atoms with van der Waals surface area (Å²) in [5.41, 5.74) is 9.47. The number of likely N-dealkylation sites (tertiary alicyclic amines) is 1. The van der Waals surface area contributed by atoms with Crippen molar-refractivity contribution >= 4 is 38.4 Å². The number of rotatable bonds is 3. The highest BCUT2D eigenvalue weighted by molar-refractivity contribution is 7.22. The third-order valence-electron chi connectivity index (χ3n) is 7.73. The van der Waals surface area contributed by atoms with Gasteiger partial charge in [-0.2, -0.15) is 5.26 Å². The average Bonchev–Trinajstić information content (AvgIpc) is 3.46. The number of aromatic nitrogens is 2. The van der Waals surface area contributed by atoms with E-state index in [9.17, 15) is 14.4 Å². The molecule has 8 nitrogen and oxygen atoms in total. The van der Waals surface area contributed by atoms with Gasteiger partial charge in [-0.15, -0.1) is 0 Å². The zero-order valence-corrected chi connectivity index (χ0v) is 21.6. The molecule has 0 bridgehead atoms. The van der Waals surface area contributed by atoms with Gasteiger partial charge in [-0.05, 0) is 38.5 Å². The molecule has 190 valence electrons. The Bertz CT molecular complexity index is 1520. The van der Waals surface area contributed by atoms with E-state index in [2.05, 4.69) is 22.5 Å². The molecule has 37 heavy (non-hydrogen) atoms. The number of halogens is 1. The number of amides is 1. The fraction of sp³-hybridized carbons (Fsp3) is 0.407. The molecule has 5 heterocycles. The van der Waals surface area contributed by atoms with E-state index in [1.54, 1.807) is 11.0 Å². The van der Waals surface area contributed by atoms with E-state index in [1.807, 2.05) is 13.8 Å². The second-order valence-corrected chi connectivity index (χ2v) is 11.9. The number of pyridine rings is 1. The summed E-state index contributed by atoms with van der Waals surface area (Å²) in [6.45, 7) is 10.7. The maximum atomic E-state index is 14.7. The van der Waals surface area contributed by atoms with Crippen LogP contribution in [0, 0.1) is 22.6 Å². The summed E-state index contributed by atoms with van der Waals surface area (Å²) in [5, 5.41) is 10.7. The molecule has 1 spiro atoms. The van der Waals surface area contributed by atoms with Crippen molar-refractivity contribution in [3.8, 4) is 17.2 Å². The first-order valence-corrected chi connectivity index (χ1v) is 13.1. The van der Waals surface area contributed by atoms with Crippen LogP contribution >= 0.6 is 11.3 Å². The van der Waals surface area contributed by atoms with E-state index in [0.29, 0.717) is 65.4 Å². The molecule has 0 aliphatic carbocycles. The van der Waals surface area contributed by atoms with Gasteiger partial charge in [0.1, 0.15) is 23.3 Å². The Morgan fingerprint density at radius 2 is 2.11 bits per heavy atom. The average molecular weight is 519 g/mol. The molecule has 6 rings (SSSR count). The molecule has 0 radical (unpaired) electrons. The van der Waals surface area contributed by atoms with Crippen LogP contribution in [-0.2, 0) is 22.6 Å². The van der Waals surface area contributed by atoms with Crippen LogP contribution in [0.25, 0.3) is 21.3 Å². The van der Waals surface area contributed by atoms with Crippen LogP contribution in [0.1, 0.15) is 37.1 Å². The van der Waals surface area contributed by atoms with Crippen molar-refractivity contribution in [1.29, 1.82) is 5.26 Å². The normalized spacial score (nSPS) is 19.5. The zero-order valence-electron chi connectivity index (χ0n) is 20.8. The molecule has 3 aromatic rings. The summed E-state index contributed by atoms with van der Waals surface area (Å²) < 4.78 is 21.2. The van der Waals surface area contributed by atoms with Gasteiger partial charge in [0.05, 0.1) is 28.1 Å². The molecule has 0 saturated carbocycles. The minimum absolute atomic E-state index is 0.0158. The number of carbonyl (C=O) groups is 1. The predicted octanol–water partition coefficient (Wildman–Crippen LogP) is 4.03. The van der Waals surface area contributed by atoms with Crippen LogP contribution in [0.4, 0.5) is 15.3 Å². The van der Waals surface area contributed by atoms with Crippen molar-refractivity contribution < 1.29 is 13.9 Å². The molecular formula is C27H27FN6O2S. The summed E-state index contributed by atoms with van der Waals surface area (Å²) in [6.07, 6.45) is 2.84. The predicted molar refractivity (Wildman–Crippen MR) is 141 cm³/mol. The number of hydrogen-bond donors (Lipinski definition) is 1. The minimum Gasteiger partial charge on any atom is -0.375 e. The van der Waals surface area contributed by atoms with Gasteiger partial charge in [0.25, 0.3) is 0 Å². The van der Waals surface area contributed by atoms with Crippen LogP contribution in [0.5, 0.6) is 0 Å². The Morgan fingerprint density at radius 3 is 2.84 bits per heavy atom. The highest BCUT2D eigenvalue weighted by Crippen LogP contribution is 2.46. The largest absolute Gasteiger partial charge is 0.375 e. The van der Waals surface area contributed by atoms with Crippen LogP contribution in [0.2, 0.25) is 0 Å². The van der Waals surface area contributed by atoms with E-state index in [1.165, 1.54) is 12.1 Å². The SMILES string of the molecule is C=CC(=O)N1CC2(CCN(c3nc4c(c(-c5ccc(F)c6sc(N)nc56)c3C#N)COC(C)(C)C4)C2)C1. The first-order chi connectivity index (χ1) is 17.6. The number of nitrogens with two attached hydrogens (primary N) is 1. The number of anilines is 2. The Balaban J connectivity index is 1.50. The third-order valence-corrected chi connectivity index (χ3v) is 8.63. The Hall–Kier alpha value is -3.55. The molecule has 2 aromatic heterocycles. The molecule has 2 fully saturated rings. The van der Waals surface area contributed by atoms with E-state index in [0.717, 1.165) is 35.6 Å². The molecule has 2 N–H and O–H groups in total. The lowest BCUT2D eigenvalue weighted by Gasteiger charge is -2.47. The van der Waals surface area contributed by atoms with Crippen molar-refractivity contribution in [1.82, 2.24) is 14.9 Å². The standard InChI is InChI=1S/C27H27FN6O2S/c1-4-20(35)34-13-27(14-34)7-8-33(12-27)24-16(10-29)21(17-11-36-26(2,3)9-19(17)31-24)15-5-6-18(28)23-22(15)32-25(30)37-23/h4-6H,1,7-9,11-14H2,2-3H3,(H2,30,32). The molecule has 2 saturated heterocycles. The summed E-state index contributed by atoms with van der Waals surface area (Å²) in [7, 11) is 0.